The van der Waals surface area contributed by atoms with E-state index < -0.39 is 0 Å². The maximum Gasteiger partial charge on any atom is 0.0522 e. The van der Waals surface area contributed by atoms with Crippen LogP contribution in [0.3, 0.4) is 0 Å². The molecule has 0 spiro atoms. The predicted molar refractivity (Wildman–Crippen MR) is 62.3 cm³/mol. The van der Waals surface area contributed by atoms with Crippen LogP contribution in [0.2, 0.25) is 0 Å². The van der Waals surface area contributed by atoms with Gasteiger partial charge in [0.15, 0.2) is 0 Å². The molecule has 0 radical (unpaired) electrons. The summed E-state index contributed by atoms with van der Waals surface area (Å²) in [5, 5.41) is 7.63. The summed E-state index contributed by atoms with van der Waals surface area (Å²) in [6, 6.07) is 2.06. The average Bonchev–Trinajstić information content (AvgIpc) is 2.66. The van der Waals surface area contributed by atoms with Gasteiger partial charge in [-0.05, 0) is 25.5 Å². The number of hydrogen-bond acceptors (Lipinski definition) is 2. The quantitative estimate of drug-likeness (QED) is 0.543. The van der Waals surface area contributed by atoms with Crippen LogP contribution in [0.15, 0.2) is 12.3 Å². The third kappa shape index (κ3) is 4.18. The maximum atomic E-state index is 5.18. The fourth-order valence-corrected chi connectivity index (χ4v) is 1.46. The van der Waals surface area contributed by atoms with E-state index >= 15 is 0 Å². The van der Waals surface area contributed by atoms with Crippen molar-refractivity contribution in [2.45, 2.75) is 39.3 Å². The van der Waals surface area contributed by atoms with Crippen molar-refractivity contribution in [3.8, 4) is 12.3 Å². The first-order valence-corrected chi connectivity index (χ1v) is 5.53. The topological polar surface area (TPSA) is 29.9 Å². The molecule has 0 amide bonds. The largest absolute Gasteiger partial charge is 0.311 e. The van der Waals surface area contributed by atoms with E-state index in [4.69, 9.17) is 6.42 Å². The van der Waals surface area contributed by atoms with Crippen molar-refractivity contribution in [2.75, 3.05) is 6.54 Å². The average molecular weight is 205 g/mol. The van der Waals surface area contributed by atoms with Crippen molar-refractivity contribution in [1.82, 2.24) is 15.1 Å². The van der Waals surface area contributed by atoms with Crippen molar-refractivity contribution in [3.63, 3.8) is 0 Å². The lowest BCUT2D eigenvalue weighted by molar-refractivity contribution is 0.547. The number of terminal acetylenes is 1. The molecule has 0 aromatic carbocycles. The Hall–Kier alpha value is -1.27. The van der Waals surface area contributed by atoms with E-state index in [1.807, 2.05) is 10.9 Å². The number of rotatable bonds is 7. The molecule has 0 saturated heterocycles. The fraction of sp³-hybridized carbons (Fsp3) is 0.583. The minimum atomic E-state index is 0.848. The molecule has 0 aliphatic heterocycles. The van der Waals surface area contributed by atoms with Crippen LogP contribution in [0.1, 0.15) is 31.9 Å². The van der Waals surface area contributed by atoms with Crippen molar-refractivity contribution >= 4 is 0 Å². The maximum absolute atomic E-state index is 5.18. The Balaban J connectivity index is 2.25. The lowest BCUT2D eigenvalue weighted by Crippen LogP contribution is -2.17. The molecule has 82 valence electrons. The van der Waals surface area contributed by atoms with E-state index in [1.165, 1.54) is 5.69 Å². The molecule has 1 heterocycles. The van der Waals surface area contributed by atoms with Crippen LogP contribution in [0.5, 0.6) is 0 Å². The highest BCUT2D eigenvalue weighted by atomic mass is 15.3. The number of aromatic nitrogens is 2. The van der Waals surface area contributed by atoms with Gasteiger partial charge in [-0.1, -0.05) is 6.92 Å². The molecular weight excluding hydrogens is 186 g/mol. The Morgan fingerprint density at radius 2 is 2.47 bits per heavy atom. The Morgan fingerprint density at radius 1 is 1.60 bits per heavy atom. The molecular formula is C12H19N3. The minimum absolute atomic E-state index is 0.848. The van der Waals surface area contributed by atoms with Crippen LogP contribution in [0.4, 0.5) is 0 Å². The van der Waals surface area contributed by atoms with Gasteiger partial charge >= 0.3 is 0 Å². The highest BCUT2D eigenvalue weighted by molar-refractivity contribution is 4.99. The van der Waals surface area contributed by atoms with E-state index in [1.54, 1.807) is 0 Å². The third-order valence-corrected chi connectivity index (χ3v) is 2.22. The first kappa shape index (κ1) is 11.8. The second-order valence-electron chi connectivity index (χ2n) is 3.53. The normalized spacial score (nSPS) is 10.1. The predicted octanol–water partition coefficient (Wildman–Crippen LogP) is 1.80. The van der Waals surface area contributed by atoms with Gasteiger partial charge in [0.1, 0.15) is 0 Å². The molecule has 1 N–H and O–H groups in total. The molecule has 0 aliphatic carbocycles. The SMILES string of the molecule is C#CCCCNCc1ccnn1CCC. The van der Waals surface area contributed by atoms with Crippen LogP contribution < -0.4 is 5.32 Å². The first-order valence-electron chi connectivity index (χ1n) is 5.53. The zero-order chi connectivity index (χ0) is 10.9. The highest BCUT2D eigenvalue weighted by Gasteiger charge is 1.99. The van der Waals surface area contributed by atoms with Crippen LogP contribution in [-0.4, -0.2) is 16.3 Å². The molecule has 0 atom stereocenters. The molecule has 0 aliphatic rings. The van der Waals surface area contributed by atoms with E-state index in [0.717, 1.165) is 38.9 Å². The summed E-state index contributed by atoms with van der Waals surface area (Å²) in [7, 11) is 0. The van der Waals surface area contributed by atoms with Crippen LogP contribution in [0.25, 0.3) is 0 Å². The summed E-state index contributed by atoms with van der Waals surface area (Å²) in [6.07, 6.45) is 10.0. The molecule has 3 nitrogen and oxygen atoms in total. The van der Waals surface area contributed by atoms with Crippen molar-refractivity contribution in [2.24, 2.45) is 0 Å². The zero-order valence-electron chi connectivity index (χ0n) is 9.37. The fourth-order valence-electron chi connectivity index (χ4n) is 1.46. The third-order valence-electron chi connectivity index (χ3n) is 2.22. The Labute approximate surface area is 91.9 Å². The lowest BCUT2D eigenvalue weighted by Gasteiger charge is -2.06. The standard InChI is InChI=1S/C12H19N3/c1-3-5-6-8-13-11-12-7-9-14-15(12)10-4-2/h1,7,9,13H,4-6,8,10-11H2,2H3. The summed E-state index contributed by atoms with van der Waals surface area (Å²) in [4.78, 5) is 0. The van der Waals surface area contributed by atoms with Gasteiger partial charge in [0, 0.05) is 25.7 Å². The van der Waals surface area contributed by atoms with Crippen LogP contribution in [0, 0.1) is 12.3 Å². The zero-order valence-corrected chi connectivity index (χ0v) is 9.37. The highest BCUT2D eigenvalue weighted by Crippen LogP contribution is 1.99. The molecule has 0 unspecified atom stereocenters. The number of hydrogen-bond donors (Lipinski definition) is 1. The van der Waals surface area contributed by atoms with Gasteiger partial charge in [-0.25, -0.2) is 0 Å². The van der Waals surface area contributed by atoms with Gasteiger partial charge in [0.25, 0.3) is 0 Å². The van der Waals surface area contributed by atoms with Crippen molar-refractivity contribution < 1.29 is 0 Å². The van der Waals surface area contributed by atoms with Crippen LogP contribution in [-0.2, 0) is 13.1 Å². The number of nitrogens with one attached hydrogen (secondary N) is 1. The molecule has 1 aromatic heterocycles. The summed E-state index contributed by atoms with van der Waals surface area (Å²) in [5.74, 6) is 2.64. The molecule has 1 rings (SSSR count). The smallest absolute Gasteiger partial charge is 0.0522 e. The van der Waals surface area contributed by atoms with Crippen molar-refractivity contribution in [1.29, 1.82) is 0 Å². The van der Waals surface area contributed by atoms with Gasteiger partial charge in [-0.3, -0.25) is 4.68 Å². The minimum Gasteiger partial charge on any atom is -0.311 e. The van der Waals surface area contributed by atoms with Gasteiger partial charge < -0.3 is 5.32 Å². The number of aryl methyl sites for hydroxylation is 1. The van der Waals surface area contributed by atoms with E-state index in [9.17, 15) is 0 Å². The second-order valence-corrected chi connectivity index (χ2v) is 3.53. The van der Waals surface area contributed by atoms with Crippen LogP contribution >= 0.6 is 0 Å². The van der Waals surface area contributed by atoms with Gasteiger partial charge in [0.2, 0.25) is 0 Å². The van der Waals surface area contributed by atoms with E-state index in [0.29, 0.717) is 0 Å². The first-order chi connectivity index (χ1) is 7.38. The Morgan fingerprint density at radius 3 is 3.20 bits per heavy atom. The molecule has 15 heavy (non-hydrogen) atoms. The number of nitrogens with zero attached hydrogens (tertiary/aromatic N) is 2. The van der Waals surface area contributed by atoms with E-state index in [2.05, 4.69) is 29.3 Å². The summed E-state index contributed by atoms with van der Waals surface area (Å²) >= 11 is 0. The molecule has 0 saturated carbocycles. The monoisotopic (exact) mass is 205 g/mol. The molecule has 3 heteroatoms. The molecule has 0 bridgehead atoms. The molecule has 1 aromatic rings. The van der Waals surface area contributed by atoms with Gasteiger partial charge in [-0.15, -0.1) is 12.3 Å². The van der Waals surface area contributed by atoms with Gasteiger partial charge in [-0.2, -0.15) is 5.10 Å². The second kappa shape index (κ2) is 7.08. The lowest BCUT2D eigenvalue weighted by atomic mass is 10.3. The number of unbranched alkanes of at least 4 members (excludes halogenated alkanes) is 1. The Kier molecular flexibility index (Phi) is 5.57. The van der Waals surface area contributed by atoms with Crippen molar-refractivity contribution in [3.05, 3.63) is 18.0 Å². The van der Waals surface area contributed by atoms with E-state index in [-0.39, 0.29) is 0 Å². The molecule has 0 fully saturated rings. The van der Waals surface area contributed by atoms with Gasteiger partial charge in [0.05, 0.1) is 5.69 Å². The summed E-state index contributed by atoms with van der Waals surface area (Å²) in [6.45, 7) is 5.01. The summed E-state index contributed by atoms with van der Waals surface area (Å²) < 4.78 is 2.05. The summed E-state index contributed by atoms with van der Waals surface area (Å²) in [5.41, 5.74) is 1.25. The Bertz CT molecular complexity index is 309.